The zero-order valence-electron chi connectivity index (χ0n) is 14.0. The van der Waals surface area contributed by atoms with Gasteiger partial charge in [-0.15, -0.1) is 0 Å². The Hall–Kier alpha value is -3.17. The molecule has 0 radical (unpaired) electrons. The van der Waals surface area contributed by atoms with Crippen molar-refractivity contribution in [2.24, 2.45) is 7.05 Å². The molecule has 0 spiro atoms. The molecule has 2 rings (SSSR count). The third kappa shape index (κ3) is 5.16. The van der Waals surface area contributed by atoms with Crippen LogP contribution >= 0.6 is 0 Å². The van der Waals surface area contributed by atoms with Gasteiger partial charge >= 0.3 is 5.97 Å². The number of carboxylic acids is 1. The Morgan fingerprint density at radius 1 is 1.12 bits per heavy atom. The molecular weight excluding hydrogens is 328 g/mol. The van der Waals surface area contributed by atoms with Gasteiger partial charge in [0.05, 0.1) is 13.0 Å². The molecule has 0 saturated carbocycles. The van der Waals surface area contributed by atoms with E-state index in [1.165, 1.54) is 10.7 Å². The normalized spacial score (nSPS) is 10.5. The third-order valence-electron chi connectivity index (χ3n) is 3.47. The van der Waals surface area contributed by atoms with E-state index in [0.717, 1.165) is 5.69 Å². The molecule has 2 aromatic heterocycles. The van der Waals surface area contributed by atoms with Crippen molar-refractivity contribution in [2.75, 3.05) is 13.1 Å². The highest BCUT2D eigenvalue weighted by Gasteiger charge is 2.12. The quantitative estimate of drug-likeness (QED) is 0.554. The van der Waals surface area contributed by atoms with Crippen LogP contribution in [0.5, 0.6) is 0 Å². The highest BCUT2D eigenvalue weighted by atomic mass is 16.4. The Morgan fingerprint density at radius 2 is 1.76 bits per heavy atom. The lowest BCUT2D eigenvalue weighted by Gasteiger charge is -2.04. The average molecular weight is 348 g/mol. The lowest BCUT2D eigenvalue weighted by atomic mass is 10.3. The second-order valence-electron chi connectivity index (χ2n) is 5.41. The maximum atomic E-state index is 11.9. The number of rotatable bonds is 8. The molecule has 0 saturated heterocycles. The first-order valence-electron chi connectivity index (χ1n) is 7.69. The molecule has 10 heteroatoms. The van der Waals surface area contributed by atoms with Gasteiger partial charge in [0.15, 0.2) is 0 Å². The molecule has 2 aromatic rings. The Balaban J connectivity index is 1.73. The first-order chi connectivity index (χ1) is 11.9. The number of aromatic nitrogens is 4. The maximum absolute atomic E-state index is 11.9. The molecule has 3 N–H and O–H groups in total. The molecular formula is C15H20N6O4. The van der Waals surface area contributed by atoms with Crippen LogP contribution in [0.2, 0.25) is 0 Å². The van der Waals surface area contributed by atoms with Gasteiger partial charge in [-0.3, -0.25) is 23.7 Å². The molecule has 2 heterocycles. The second-order valence-corrected chi connectivity index (χ2v) is 5.41. The largest absolute Gasteiger partial charge is 0.481 e. The third-order valence-corrected chi connectivity index (χ3v) is 3.47. The van der Waals surface area contributed by atoms with Crippen molar-refractivity contribution in [3.63, 3.8) is 0 Å². The molecule has 134 valence electrons. The van der Waals surface area contributed by atoms with Crippen LogP contribution < -0.4 is 10.6 Å². The van der Waals surface area contributed by atoms with Gasteiger partial charge in [0, 0.05) is 32.0 Å². The fourth-order valence-corrected chi connectivity index (χ4v) is 2.02. The predicted molar refractivity (Wildman–Crippen MR) is 87.1 cm³/mol. The van der Waals surface area contributed by atoms with Gasteiger partial charge in [0.2, 0.25) is 0 Å². The monoisotopic (exact) mass is 348 g/mol. The van der Waals surface area contributed by atoms with E-state index < -0.39 is 11.9 Å². The summed E-state index contributed by atoms with van der Waals surface area (Å²) in [4.78, 5) is 34.3. The van der Waals surface area contributed by atoms with Crippen LogP contribution in [0.3, 0.4) is 0 Å². The number of nitrogens with zero attached hydrogens (tertiary/aromatic N) is 4. The summed E-state index contributed by atoms with van der Waals surface area (Å²) in [6.07, 6.45) is 1.48. The molecule has 0 aliphatic rings. The molecule has 0 fully saturated rings. The van der Waals surface area contributed by atoms with Crippen LogP contribution in [-0.4, -0.2) is 55.5 Å². The number of aliphatic carboxylic acids is 1. The van der Waals surface area contributed by atoms with Crippen LogP contribution in [0.4, 0.5) is 0 Å². The van der Waals surface area contributed by atoms with Gasteiger partial charge in [-0.1, -0.05) is 0 Å². The van der Waals surface area contributed by atoms with Crippen LogP contribution in [-0.2, 0) is 18.4 Å². The van der Waals surface area contributed by atoms with E-state index in [2.05, 4.69) is 20.8 Å². The number of nitrogens with one attached hydrogen (secondary N) is 2. The number of hydrogen-bond acceptors (Lipinski definition) is 5. The number of carbonyl (C=O) groups excluding carboxylic acids is 2. The molecule has 25 heavy (non-hydrogen) atoms. The zero-order chi connectivity index (χ0) is 18.4. The first kappa shape index (κ1) is 18.2. The molecule has 10 nitrogen and oxygen atoms in total. The zero-order valence-corrected chi connectivity index (χ0v) is 14.0. The predicted octanol–water partition coefficient (Wildman–Crippen LogP) is -0.440. The lowest BCUT2D eigenvalue weighted by Crippen LogP contribution is -2.35. The van der Waals surface area contributed by atoms with E-state index in [0.29, 0.717) is 5.69 Å². The molecule has 0 aromatic carbocycles. The fourth-order valence-electron chi connectivity index (χ4n) is 2.02. The van der Waals surface area contributed by atoms with Gasteiger partial charge in [-0.25, -0.2) is 0 Å². The molecule has 0 aliphatic carbocycles. The smallest absolute Gasteiger partial charge is 0.305 e. The lowest BCUT2D eigenvalue weighted by molar-refractivity contribution is -0.137. The molecule has 0 atom stereocenters. The minimum Gasteiger partial charge on any atom is -0.481 e. The van der Waals surface area contributed by atoms with Crippen molar-refractivity contribution in [2.45, 2.75) is 19.9 Å². The first-order valence-corrected chi connectivity index (χ1v) is 7.69. The summed E-state index contributed by atoms with van der Waals surface area (Å²) >= 11 is 0. The van der Waals surface area contributed by atoms with E-state index in [4.69, 9.17) is 5.11 Å². The number of carboxylic acid groups (broad SMARTS) is 1. The van der Waals surface area contributed by atoms with Gasteiger partial charge in [0.1, 0.15) is 11.4 Å². The topological polar surface area (TPSA) is 131 Å². The highest BCUT2D eigenvalue weighted by Crippen LogP contribution is 2.00. The van der Waals surface area contributed by atoms with E-state index in [1.807, 2.05) is 6.92 Å². The molecule has 0 bridgehead atoms. The Kier molecular flexibility index (Phi) is 5.88. The highest BCUT2D eigenvalue weighted by molar-refractivity contribution is 5.93. The summed E-state index contributed by atoms with van der Waals surface area (Å²) in [5.74, 6) is -1.63. The minimum atomic E-state index is -0.930. The van der Waals surface area contributed by atoms with Gasteiger partial charge in [-0.2, -0.15) is 10.2 Å². The number of carbonyl (C=O) groups is 3. The van der Waals surface area contributed by atoms with Crippen LogP contribution in [0.25, 0.3) is 0 Å². The average Bonchev–Trinajstić information content (AvgIpc) is 3.16. The Bertz CT molecular complexity index is 759. The Labute approximate surface area is 143 Å². The van der Waals surface area contributed by atoms with Gasteiger partial charge < -0.3 is 15.7 Å². The SMILES string of the molecule is Cc1cc(C(=O)NCCNC(=O)c2ccn(CCC(=O)O)n2)nn1C. The van der Waals surface area contributed by atoms with Gasteiger partial charge in [-0.05, 0) is 19.1 Å². The second kappa shape index (κ2) is 8.08. The van der Waals surface area contributed by atoms with Crippen molar-refractivity contribution in [3.8, 4) is 0 Å². The number of aryl methyl sites for hydroxylation is 3. The fraction of sp³-hybridized carbons (Fsp3) is 0.400. The van der Waals surface area contributed by atoms with Crippen molar-refractivity contribution < 1.29 is 19.5 Å². The number of hydrogen-bond donors (Lipinski definition) is 3. The van der Waals surface area contributed by atoms with E-state index >= 15 is 0 Å². The van der Waals surface area contributed by atoms with Crippen LogP contribution in [0.1, 0.15) is 33.1 Å². The van der Waals surface area contributed by atoms with Crippen molar-refractivity contribution in [1.82, 2.24) is 30.2 Å². The minimum absolute atomic E-state index is 0.0677. The summed E-state index contributed by atoms with van der Waals surface area (Å²) in [7, 11) is 1.75. The summed E-state index contributed by atoms with van der Waals surface area (Å²) in [5.41, 5.74) is 1.39. The summed E-state index contributed by atoms with van der Waals surface area (Å²) in [6, 6.07) is 3.18. The van der Waals surface area contributed by atoms with Crippen molar-refractivity contribution in [1.29, 1.82) is 0 Å². The molecule has 0 aliphatic heterocycles. The van der Waals surface area contributed by atoms with E-state index in [9.17, 15) is 14.4 Å². The Morgan fingerprint density at radius 3 is 2.32 bits per heavy atom. The van der Waals surface area contributed by atoms with Crippen LogP contribution in [0, 0.1) is 6.92 Å². The van der Waals surface area contributed by atoms with Crippen molar-refractivity contribution >= 4 is 17.8 Å². The van der Waals surface area contributed by atoms with Crippen LogP contribution in [0.15, 0.2) is 18.3 Å². The summed E-state index contributed by atoms with van der Waals surface area (Å²) in [5, 5.41) is 22.0. The maximum Gasteiger partial charge on any atom is 0.305 e. The summed E-state index contributed by atoms with van der Waals surface area (Å²) in [6.45, 7) is 2.53. The molecule has 2 amide bonds. The van der Waals surface area contributed by atoms with E-state index in [1.54, 1.807) is 24.0 Å². The van der Waals surface area contributed by atoms with Gasteiger partial charge in [0.25, 0.3) is 11.8 Å². The standard InChI is InChI=1S/C15H20N6O4/c1-10-9-12(18-20(10)2)15(25)17-6-5-16-14(24)11-3-7-21(19-11)8-4-13(22)23/h3,7,9H,4-6,8H2,1-2H3,(H,16,24)(H,17,25)(H,22,23). The van der Waals surface area contributed by atoms with Crippen molar-refractivity contribution in [3.05, 3.63) is 35.4 Å². The number of amides is 2. The summed E-state index contributed by atoms with van der Waals surface area (Å²) < 4.78 is 3.01. The molecule has 0 unspecified atom stereocenters. The van der Waals surface area contributed by atoms with E-state index in [-0.39, 0.29) is 37.7 Å².